The van der Waals surface area contributed by atoms with Gasteiger partial charge in [-0.25, -0.2) is 0 Å². The van der Waals surface area contributed by atoms with Gasteiger partial charge in [0.2, 0.25) is 0 Å². The molecule has 0 aromatic heterocycles. The second-order valence-electron chi connectivity index (χ2n) is 0.923. The fourth-order valence-electron chi connectivity index (χ4n) is 0.0636. The van der Waals surface area contributed by atoms with E-state index in [-0.39, 0.29) is 0 Å². The molecule has 2 N–H and O–H groups in total. The fourth-order valence-corrected chi connectivity index (χ4v) is 0.191. The van der Waals surface area contributed by atoms with Crippen molar-refractivity contribution in [1.29, 1.82) is 0 Å². The molecule has 0 unspecified atom stereocenters. The summed E-state index contributed by atoms with van der Waals surface area (Å²) < 4.78 is 22.5. The van der Waals surface area contributed by atoms with E-state index in [1.807, 2.05) is 0 Å². The summed E-state index contributed by atoms with van der Waals surface area (Å²) in [5.41, 5.74) is 4.32. The van der Waals surface area contributed by atoms with Gasteiger partial charge in [0, 0.05) is 6.72 Å². The lowest BCUT2D eigenvalue weighted by molar-refractivity contribution is 0.265. The number of carbonyl (C=O) groups is 1. The van der Waals surface area contributed by atoms with Crippen molar-refractivity contribution in [2.75, 3.05) is 0 Å². The van der Waals surface area contributed by atoms with Gasteiger partial charge in [0.1, 0.15) is 0 Å². The molecule has 1 amide bonds. The van der Waals surface area contributed by atoms with Crippen LogP contribution in [0.5, 0.6) is 0 Å². The predicted molar refractivity (Wildman–Crippen MR) is 28.1 cm³/mol. The van der Waals surface area contributed by atoms with E-state index in [2.05, 4.69) is 16.8 Å². The van der Waals surface area contributed by atoms with Gasteiger partial charge in [-0.1, -0.05) is 0 Å². The highest BCUT2D eigenvalue weighted by Crippen LogP contribution is 1.86. The fraction of sp³-hybridized carbons (Fsp3) is 0. The summed E-state index contributed by atoms with van der Waals surface area (Å²) in [6.07, 6.45) is 0. The Labute approximate surface area is 46.3 Å². The highest BCUT2D eigenvalue weighted by Gasteiger charge is 2.12. The van der Waals surface area contributed by atoms with Crippen molar-refractivity contribution < 1.29 is 13.2 Å². The molecule has 0 saturated heterocycles. The summed E-state index contributed by atoms with van der Waals surface area (Å²) in [5.74, 6) is 0. The van der Waals surface area contributed by atoms with Gasteiger partial charge in [0.25, 0.3) is 0 Å². The number of nitrogens with zero attached hydrogens (tertiary/aromatic N) is 1. The zero-order chi connectivity index (χ0) is 6.78. The quantitative estimate of drug-likeness (QED) is 0.473. The minimum atomic E-state index is -4.08. The number of hydrogen-bond donors (Lipinski definition) is 1. The first-order chi connectivity index (χ1) is 3.50. The molecule has 0 heterocycles. The van der Waals surface area contributed by atoms with Crippen LogP contribution in [0.25, 0.3) is 0 Å². The number of sulfonamides is 1. The molecular weight excluding hydrogens is 132 g/mol. The van der Waals surface area contributed by atoms with Crippen LogP contribution in [0, 0.1) is 0 Å². The first-order valence-corrected chi connectivity index (χ1v) is 2.97. The van der Waals surface area contributed by atoms with Gasteiger partial charge in [-0.3, -0.25) is 4.79 Å². The van der Waals surface area contributed by atoms with Gasteiger partial charge in [-0.05, 0) is 0 Å². The molecule has 6 heteroatoms. The lowest BCUT2D eigenvalue weighted by atomic mass is 11.5. The van der Waals surface area contributed by atoms with Gasteiger partial charge >= 0.3 is 15.3 Å². The summed E-state index contributed by atoms with van der Waals surface area (Å²) in [6, 6.07) is 0. The Balaban J connectivity index is 4.68. The molecule has 46 valence electrons. The molecule has 0 atom stereocenters. The first-order valence-electron chi connectivity index (χ1n) is 1.53. The number of amides is 1. The Morgan fingerprint density at radius 3 is 2.00 bits per heavy atom. The standard InChI is InChI=1S/C2H4N2O3S/c1-4-8(6,7)2(3)5/h1H2,(H2,3,5). The summed E-state index contributed by atoms with van der Waals surface area (Å²) in [6.45, 7) is 2.61. The maximum absolute atomic E-state index is 10.00. The average molecular weight is 136 g/mol. The number of nitrogens with two attached hydrogens (primary N) is 1. The van der Waals surface area contributed by atoms with Gasteiger partial charge in [0.05, 0.1) is 0 Å². The van der Waals surface area contributed by atoms with Crippen LogP contribution in [-0.4, -0.2) is 20.4 Å². The Morgan fingerprint density at radius 2 is 2.00 bits per heavy atom. The third-order valence-corrected chi connectivity index (χ3v) is 1.27. The molecule has 0 saturated carbocycles. The van der Waals surface area contributed by atoms with Crippen LogP contribution in [0.2, 0.25) is 0 Å². The zero-order valence-electron chi connectivity index (χ0n) is 3.86. The van der Waals surface area contributed by atoms with Crippen LogP contribution < -0.4 is 5.73 Å². The first kappa shape index (κ1) is 7.09. The number of rotatable bonds is 1. The number of carbonyl (C=O) groups excluding carboxylic acids is 1. The topological polar surface area (TPSA) is 89.6 Å². The molecular formula is C2H4N2O3S. The molecule has 0 aromatic rings. The molecule has 0 bridgehead atoms. The smallest absolute Gasteiger partial charge is 0.355 e. The zero-order valence-corrected chi connectivity index (χ0v) is 4.68. The van der Waals surface area contributed by atoms with Crippen molar-refractivity contribution in [2.24, 2.45) is 10.1 Å². The Morgan fingerprint density at radius 1 is 1.62 bits per heavy atom. The molecule has 0 aliphatic heterocycles. The van der Waals surface area contributed by atoms with Gasteiger partial charge < -0.3 is 5.73 Å². The molecule has 0 spiro atoms. The number of primary amides is 1. The average Bonchev–Trinajstić information content (AvgIpc) is 1.67. The van der Waals surface area contributed by atoms with Gasteiger partial charge in [-0.2, -0.15) is 12.8 Å². The second kappa shape index (κ2) is 1.91. The molecule has 0 aromatic carbocycles. The van der Waals surface area contributed by atoms with E-state index < -0.39 is 15.3 Å². The van der Waals surface area contributed by atoms with E-state index in [9.17, 15) is 13.2 Å². The van der Waals surface area contributed by atoms with Crippen molar-refractivity contribution >= 4 is 22.0 Å². The highest BCUT2D eigenvalue weighted by atomic mass is 32.2. The summed E-state index contributed by atoms with van der Waals surface area (Å²) >= 11 is 0. The monoisotopic (exact) mass is 136 g/mol. The van der Waals surface area contributed by atoms with Crippen molar-refractivity contribution in [2.45, 2.75) is 0 Å². The summed E-state index contributed by atoms with van der Waals surface area (Å²) in [5, 5.41) is -1.48. The summed E-state index contributed by atoms with van der Waals surface area (Å²) in [7, 11) is -4.08. The highest BCUT2D eigenvalue weighted by molar-refractivity contribution is 8.04. The van der Waals surface area contributed by atoms with E-state index in [4.69, 9.17) is 0 Å². The Hall–Kier alpha value is -0.910. The van der Waals surface area contributed by atoms with Crippen molar-refractivity contribution in [3.05, 3.63) is 0 Å². The molecule has 8 heavy (non-hydrogen) atoms. The normalized spacial score (nSPS) is 10.5. The van der Waals surface area contributed by atoms with E-state index in [0.29, 0.717) is 0 Å². The summed E-state index contributed by atoms with van der Waals surface area (Å²) in [4.78, 5) is 9.75. The third-order valence-electron chi connectivity index (χ3n) is 0.424. The minimum Gasteiger partial charge on any atom is -0.355 e. The molecule has 0 fully saturated rings. The van der Waals surface area contributed by atoms with E-state index in [0.717, 1.165) is 0 Å². The van der Waals surface area contributed by atoms with Crippen molar-refractivity contribution in [1.82, 2.24) is 0 Å². The van der Waals surface area contributed by atoms with Crippen LogP contribution in [0.1, 0.15) is 0 Å². The van der Waals surface area contributed by atoms with E-state index in [1.54, 1.807) is 0 Å². The lowest BCUT2D eigenvalue weighted by Gasteiger charge is -1.83. The maximum Gasteiger partial charge on any atom is 0.356 e. The van der Waals surface area contributed by atoms with E-state index >= 15 is 0 Å². The van der Waals surface area contributed by atoms with Crippen molar-refractivity contribution in [3.8, 4) is 0 Å². The van der Waals surface area contributed by atoms with Crippen LogP contribution in [0.15, 0.2) is 4.40 Å². The third kappa shape index (κ3) is 1.30. The van der Waals surface area contributed by atoms with Crippen LogP contribution in [-0.2, 0) is 10.0 Å². The second-order valence-corrected chi connectivity index (χ2v) is 2.53. The Kier molecular flexibility index (Phi) is 1.69. The molecule has 5 nitrogen and oxygen atoms in total. The Bertz CT molecular complexity index is 203. The van der Waals surface area contributed by atoms with Crippen LogP contribution in [0.3, 0.4) is 0 Å². The number of hydrogen-bond acceptors (Lipinski definition) is 3. The predicted octanol–water partition coefficient (Wildman–Crippen LogP) is -0.904. The largest absolute Gasteiger partial charge is 0.356 e. The lowest BCUT2D eigenvalue weighted by Crippen LogP contribution is -2.18. The minimum absolute atomic E-state index is 1.48. The SMILES string of the molecule is C=NS(=O)(=O)C(N)=O. The van der Waals surface area contributed by atoms with Gasteiger partial charge in [0.15, 0.2) is 0 Å². The van der Waals surface area contributed by atoms with E-state index in [1.165, 1.54) is 0 Å². The van der Waals surface area contributed by atoms with Gasteiger partial charge in [-0.15, -0.1) is 0 Å². The molecule has 0 rings (SSSR count). The van der Waals surface area contributed by atoms with Crippen LogP contribution in [0.4, 0.5) is 4.79 Å². The van der Waals surface area contributed by atoms with Crippen LogP contribution >= 0.6 is 0 Å². The molecule has 0 aliphatic rings. The molecule has 0 aliphatic carbocycles. The van der Waals surface area contributed by atoms with Crippen molar-refractivity contribution in [3.63, 3.8) is 0 Å². The molecule has 0 radical (unpaired) electrons. The maximum atomic E-state index is 10.00.